The first kappa shape index (κ1) is 30.0. The normalized spacial score (nSPS) is 43.9. The van der Waals surface area contributed by atoms with E-state index in [9.17, 15) is 34.2 Å². The topological polar surface area (TPSA) is 147 Å². The Kier molecular flexibility index (Phi) is 8.71. The van der Waals surface area contributed by atoms with Crippen molar-refractivity contribution >= 4 is 19.4 Å². The van der Waals surface area contributed by atoms with Gasteiger partial charge in [0.25, 0.3) is 0 Å². The molecule has 4 rings (SSSR count). The first-order chi connectivity index (χ1) is 14.2. The Morgan fingerprint density at radius 2 is 1.91 bits per heavy atom. The van der Waals surface area contributed by atoms with Crippen LogP contribution < -0.4 is 68.9 Å². The molecule has 0 aromatic heterocycles. The maximum atomic E-state index is 16.9. The average Bonchev–Trinajstić information content (AvgIpc) is 2.93. The van der Waals surface area contributed by atoms with E-state index in [4.69, 9.17) is 0 Å². The molecule has 0 aromatic carbocycles. The summed E-state index contributed by atoms with van der Waals surface area (Å²) in [4.78, 5) is 46.1. The number of Topliss-reactive ketones (excluding diaryl/α,β-unsaturated/α-hetero) is 1. The molecule has 33 heavy (non-hydrogen) atoms. The number of carbonyl (C=O) groups excluding carboxylic acids is 2. The summed E-state index contributed by atoms with van der Waals surface area (Å²) in [7, 11) is -5.41. The van der Waals surface area contributed by atoms with Crippen molar-refractivity contribution < 1.29 is 102 Å². The number of halogens is 1. The molecule has 0 aliphatic heterocycles. The van der Waals surface area contributed by atoms with Crippen molar-refractivity contribution in [3.05, 3.63) is 23.8 Å². The van der Waals surface area contributed by atoms with Gasteiger partial charge in [-0.15, -0.1) is 0 Å². The fraction of sp³-hybridized carbons (Fsp3) is 0.714. The van der Waals surface area contributed by atoms with Gasteiger partial charge < -0.3 is 29.1 Å². The number of ketones is 2. The third kappa shape index (κ3) is 4.32. The zero-order valence-corrected chi connectivity index (χ0v) is 24.3. The Balaban J connectivity index is 0.00000193. The van der Waals surface area contributed by atoms with E-state index in [-0.39, 0.29) is 77.7 Å². The average molecular weight is 502 g/mol. The predicted molar refractivity (Wildman–Crippen MR) is 102 cm³/mol. The van der Waals surface area contributed by atoms with Crippen LogP contribution in [0.5, 0.6) is 0 Å². The van der Waals surface area contributed by atoms with Crippen molar-refractivity contribution in [3.63, 3.8) is 0 Å². The van der Waals surface area contributed by atoms with Gasteiger partial charge in [0.1, 0.15) is 12.2 Å². The second-order valence-electron chi connectivity index (χ2n) is 9.81. The Bertz CT molecular complexity index is 953. The van der Waals surface area contributed by atoms with Crippen molar-refractivity contribution in [2.75, 3.05) is 6.61 Å². The van der Waals surface area contributed by atoms with Gasteiger partial charge in [-0.2, -0.15) is 0 Å². The first-order valence-corrected chi connectivity index (χ1v) is 11.9. The molecule has 3 saturated carbocycles. The summed E-state index contributed by atoms with van der Waals surface area (Å²) in [5.41, 5.74) is -5.93. The van der Waals surface area contributed by atoms with E-state index in [1.54, 1.807) is 13.8 Å². The van der Waals surface area contributed by atoms with Crippen LogP contribution in [0.1, 0.15) is 46.0 Å². The first-order valence-electron chi connectivity index (χ1n) is 10.4. The molecule has 7 atom stereocenters. The summed E-state index contributed by atoms with van der Waals surface area (Å²) in [6, 6.07) is 0. The Morgan fingerprint density at radius 1 is 1.27 bits per heavy atom. The summed E-state index contributed by atoms with van der Waals surface area (Å²) in [6.07, 6.45) is 3.52. The fourth-order valence-corrected chi connectivity index (χ4v) is 7.21. The van der Waals surface area contributed by atoms with Gasteiger partial charge in [0.2, 0.25) is 0 Å². The van der Waals surface area contributed by atoms with Crippen molar-refractivity contribution in [3.8, 4) is 0 Å². The third-order valence-electron chi connectivity index (χ3n) is 8.61. The number of fused-ring (bicyclic) bond motifs is 5. The van der Waals surface area contributed by atoms with E-state index in [1.165, 1.54) is 18.2 Å². The van der Waals surface area contributed by atoms with Gasteiger partial charge in [-0.25, -0.2) is 4.39 Å². The number of phosphoric ester groups is 1. The second kappa shape index (κ2) is 9.58. The molecule has 0 unspecified atom stereocenters. The standard InChI is InChI=1S/C21H28FO8P.2Na/c1-18-7-5-13(23)9-12(18)3-4-15-14-6-8-20(26,17(25)11-30-31(27,28)29)19(14,2)10-16(24)21(15,18)22;;/h5,7,9,14-16,24,26H,3-4,6,8,10-11H2,1-2H3,(H2,27,28,29);;/q;2*+1/p-2/t14-,15-,16-,18-,19-,20-,21-;;/m0../s1. The maximum absolute atomic E-state index is 16.9. The van der Waals surface area contributed by atoms with Crippen LogP contribution in [-0.4, -0.2) is 45.8 Å². The van der Waals surface area contributed by atoms with Crippen LogP contribution in [0.2, 0.25) is 0 Å². The van der Waals surface area contributed by atoms with E-state index in [2.05, 4.69) is 4.52 Å². The number of phosphoric acid groups is 1. The van der Waals surface area contributed by atoms with E-state index in [1.807, 2.05) is 0 Å². The summed E-state index contributed by atoms with van der Waals surface area (Å²) >= 11 is 0. The van der Waals surface area contributed by atoms with E-state index >= 15 is 4.39 Å². The molecule has 4 aliphatic carbocycles. The van der Waals surface area contributed by atoms with Gasteiger partial charge in [0.05, 0.1) is 13.9 Å². The summed E-state index contributed by atoms with van der Waals surface area (Å²) in [6.45, 7) is 2.17. The molecule has 2 N–H and O–H groups in total. The summed E-state index contributed by atoms with van der Waals surface area (Å²) in [5.74, 6) is -2.34. The molecular weight excluding hydrogens is 476 g/mol. The largest absolute Gasteiger partial charge is 1.00 e. The van der Waals surface area contributed by atoms with Gasteiger partial charge in [0.15, 0.2) is 17.2 Å². The number of hydrogen-bond donors (Lipinski definition) is 2. The molecule has 0 saturated heterocycles. The van der Waals surface area contributed by atoms with Crippen molar-refractivity contribution in [1.29, 1.82) is 0 Å². The summed E-state index contributed by atoms with van der Waals surface area (Å²) in [5, 5.41) is 22.4. The van der Waals surface area contributed by atoms with Gasteiger partial charge in [0, 0.05) is 16.7 Å². The van der Waals surface area contributed by atoms with Crippen molar-refractivity contribution in [2.45, 2.75) is 63.3 Å². The van der Waals surface area contributed by atoms with Crippen LogP contribution in [0, 0.1) is 22.7 Å². The Labute approximate surface area is 236 Å². The van der Waals surface area contributed by atoms with Crippen LogP contribution in [0.15, 0.2) is 23.8 Å². The van der Waals surface area contributed by atoms with Gasteiger partial charge in [-0.05, 0) is 57.1 Å². The Hall–Kier alpha value is 0.780. The smallest absolute Gasteiger partial charge is 0.790 e. The zero-order valence-electron chi connectivity index (χ0n) is 19.4. The van der Waals surface area contributed by atoms with Crippen LogP contribution in [0.4, 0.5) is 4.39 Å². The zero-order chi connectivity index (χ0) is 23.0. The number of allylic oxidation sites excluding steroid dienone is 4. The van der Waals surface area contributed by atoms with Gasteiger partial charge in [-0.3, -0.25) is 9.59 Å². The molecule has 4 aliphatic rings. The van der Waals surface area contributed by atoms with Gasteiger partial charge in [-0.1, -0.05) is 18.6 Å². The number of alkyl halides is 1. The summed E-state index contributed by atoms with van der Waals surface area (Å²) < 4.78 is 31.7. The van der Waals surface area contributed by atoms with E-state index in [0.717, 1.165) is 0 Å². The van der Waals surface area contributed by atoms with Crippen LogP contribution in [-0.2, 0) is 18.7 Å². The van der Waals surface area contributed by atoms with Crippen molar-refractivity contribution in [2.24, 2.45) is 22.7 Å². The maximum Gasteiger partial charge on any atom is 1.00 e. The van der Waals surface area contributed by atoms with Gasteiger partial charge >= 0.3 is 59.1 Å². The number of aliphatic hydroxyl groups excluding tert-OH is 1. The minimum Gasteiger partial charge on any atom is -0.790 e. The molecule has 172 valence electrons. The Morgan fingerprint density at radius 3 is 2.52 bits per heavy atom. The SMILES string of the molecule is C[C@]12C=CC(=O)C=C1CC[C@H]1[C@@H]3CC[C@](O)(C(=O)COP(=O)([O-])[O-])[C@@]3(C)C[C@H](O)[C@@]12F.[Na+].[Na+]. The number of carbonyl (C=O) groups is 2. The molecule has 0 bridgehead atoms. The van der Waals surface area contributed by atoms with E-state index in [0.29, 0.717) is 24.8 Å². The molecule has 0 aromatic rings. The second-order valence-corrected chi connectivity index (χ2v) is 11.0. The monoisotopic (exact) mass is 502 g/mol. The molecule has 8 nitrogen and oxygen atoms in total. The minimum atomic E-state index is -5.41. The number of aliphatic hydroxyl groups is 2. The van der Waals surface area contributed by atoms with Crippen LogP contribution in [0.3, 0.4) is 0 Å². The van der Waals surface area contributed by atoms with Crippen molar-refractivity contribution in [1.82, 2.24) is 0 Å². The molecule has 12 heteroatoms. The minimum absolute atomic E-state index is 0. The molecular formula is C21H26FNa2O8P. The van der Waals surface area contributed by atoms with Crippen LogP contribution in [0.25, 0.3) is 0 Å². The third-order valence-corrected chi connectivity index (χ3v) is 9.05. The predicted octanol–water partition coefficient (Wildman–Crippen LogP) is -5.49. The van der Waals surface area contributed by atoms with Crippen LogP contribution >= 0.6 is 7.82 Å². The molecule has 3 fully saturated rings. The fourth-order valence-electron chi connectivity index (χ4n) is 6.93. The quantitative estimate of drug-likeness (QED) is 0.286. The number of rotatable bonds is 4. The molecule has 0 amide bonds. The molecule has 0 heterocycles. The van der Waals surface area contributed by atoms with E-state index < -0.39 is 60.3 Å². The number of hydrogen-bond acceptors (Lipinski definition) is 8. The molecule has 0 spiro atoms. The molecule has 0 radical (unpaired) electrons.